The highest BCUT2D eigenvalue weighted by atomic mass is 16.5. The van der Waals surface area contributed by atoms with Crippen LogP contribution in [0.2, 0.25) is 0 Å². The molecule has 2 heterocycles. The smallest absolute Gasteiger partial charge is 0.270 e. The number of aryl methyl sites for hydroxylation is 3. The monoisotopic (exact) mass is 442 g/mol. The quantitative estimate of drug-likeness (QED) is 0.353. The number of benzene rings is 2. The van der Waals surface area contributed by atoms with E-state index in [-0.39, 0.29) is 11.9 Å². The number of para-hydroxylation sites is 2. The van der Waals surface area contributed by atoms with Gasteiger partial charge < -0.3 is 14.6 Å². The first-order chi connectivity index (χ1) is 16.0. The summed E-state index contributed by atoms with van der Waals surface area (Å²) >= 11 is 0. The molecule has 0 fully saturated rings. The molecular weight excluding hydrogens is 412 g/mol. The lowest BCUT2D eigenvalue weighted by molar-refractivity contribution is 0.0932. The summed E-state index contributed by atoms with van der Waals surface area (Å²) in [4.78, 5) is 21.6. The van der Waals surface area contributed by atoms with Crippen molar-refractivity contribution in [2.45, 2.75) is 46.2 Å². The molecule has 6 heteroatoms. The average molecular weight is 443 g/mol. The van der Waals surface area contributed by atoms with Crippen molar-refractivity contribution < 1.29 is 9.53 Å². The molecule has 0 spiro atoms. The summed E-state index contributed by atoms with van der Waals surface area (Å²) < 4.78 is 8.14. The maximum absolute atomic E-state index is 12.6. The van der Waals surface area contributed by atoms with Crippen molar-refractivity contribution in [3.05, 3.63) is 89.5 Å². The molecule has 0 saturated carbocycles. The van der Waals surface area contributed by atoms with Gasteiger partial charge in [-0.3, -0.25) is 9.78 Å². The van der Waals surface area contributed by atoms with Crippen molar-refractivity contribution in [1.29, 1.82) is 0 Å². The predicted octanol–water partition coefficient (Wildman–Crippen LogP) is 5.40. The summed E-state index contributed by atoms with van der Waals surface area (Å²) in [7, 11) is 0. The second-order valence-electron chi connectivity index (χ2n) is 8.32. The van der Waals surface area contributed by atoms with E-state index in [1.807, 2.05) is 37.3 Å². The lowest BCUT2D eigenvalue weighted by atomic mass is 10.1. The number of nitrogens with one attached hydrogen (secondary N) is 1. The number of hydrogen-bond donors (Lipinski definition) is 1. The number of fused-ring (bicyclic) bond motifs is 1. The summed E-state index contributed by atoms with van der Waals surface area (Å²) in [6.45, 7) is 7.63. The van der Waals surface area contributed by atoms with Gasteiger partial charge in [-0.1, -0.05) is 24.3 Å². The van der Waals surface area contributed by atoms with Gasteiger partial charge in [0, 0.05) is 12.7 Å². The van der Waals surface area contributed by atoms with E-state index in [9.17, 15) is 4.79 Å². The van der Waals surface area contributed by atoms with Gasteiger partial charge in [0.15, 0.2) is 0 Å². The highest BCUT2D eigenvalue weighted by molar-refractivity contribution is 5.92. The normalized spacial score (nSPS) is 12.0. The Morgan fingerprint density at radius 1 is 1.03 bits per heavy atom. The van der Waals surface area contributed by atoms with Crippen LogP contribution < -0.4 is 10.1 Å². The number of carbonyl (C=O) groups excluding carboxylic acids is 1. The van der Waals surface area contributed by atoms with E-state index in [0.717, 1.165) is 42.0 Å². The second-order valence-corrected chi connectivity index (χ2v) is 8.32. The topological polar surface area (TPSA) is 69.0 Å². The fourth-order valence-corrected chi connectivity index (χ4v) is 3.86. The molecule has 0 aliphatic heterocycles. The zero-order valence-corrected chi connectivity index (χ0v) is 19.4. The first-order valence-corrected chi connectivity index (χ1v) is 11.4. The van der Waals surface area contributed by atoms with E-state index >= 15 is 0 Å². The summed E-state index contributed by atoms with van der Waals surface area (Å²) in [6.07, 6.45) is 3.49. The lowest BCUT2D eigenvalue weighted by Crippen LogP contribution is -2.29. The first-order valence-electron chi connectivity index (χ1n) is 11.4. The summed E-state index contributed by atoms with van der Waals surface area (Å²) in [6, 6.07) is 19.3. The Morgan fingerprint density at radius 3 is 2.64 bits per heavy atom. The van der Waals surface area contributed by atoms with E-state index in [1.165, 1.54) is 11.1 Å². The fourth-order valence-electron chi connectivity index (χ4n) is 3.86. The third-order valence-corrected chi connectivity index (χ3v) is 5.84. The maximum atomic E-state index is 12.6. The Morgan fingerprint density at radius 2 is 1.85 bits per heavy atom. The summed E-state index contributed by atoms with van der Waals surface area (Å²) in [5.74, 6) is 1.55. The predicted molar refractivity (Wildman–Crippen MR) is 130 cm³/mol. The second kappa shape index (κ2) is 10.3. The molecule has 0 saturated heterocycles. The SMILES string of the molecule is Cc1ccc(OCCCCn2c(C(C)NC(=O)c3ccccn3)nc3ccccc32)cc1C. The molecule has 1 atom stereocenters. The number of ether oxygens (including phenoxy) is 1. The van der Waals surface area contributed by atoms with E-state index < -0.39 is 0 Å². The Kier molecular flexibility index (Phi) is 7.03. The Balaban J connectivity index is 1.41. The number of aromatic nitrogens is 3. The molecular formula is C27H30N4O2. The van der Waals surface area contributed by atoms with Crippen molar-refractivity contribution in [1.82, 2.24) is 19.9 Å². The molecule has 6 nitrogen and oxygen atoms in total. The van der Waals surface area contributed by atoms with Crippen LogP contribution in [0.15, 0.2) is 66.9 Å². The van der Waals surface area contributed by atoms with Crippen molar-refractivity contribution >= 4 is 16.9 Å². The van der Waals surface area contributed by atoms with Crippen LogP contribution in [0, 0.1) is 13.8 Å². The Bertz CT molecular complexity index is 1230. The van der Waals surface area contributed by atoms with Crippen molar-refractivity contribution in [2.75, 3.05) is 6.61 Å². The Hall–Kier alpha value is -3.67. The number of hydrogen-bond acceptors (Lipinski definition) is 4. The number of nitrogens with zero attached hydrogens (tertiary/aromatic N) is 3. The molecule has 0 aliphatic carbocycles. The lowest BCUT2D eigenvalue weighted by Gasteiger charge is -2.16. The molecule has 33 heavy (non-hydrogen) atoms. The minimum atomic E-state index is -0.251. The molecule has 4 rings (SSSR count). The molecule has 170 valence electrons. The molecule has 1 unspecified atom stereocenters. The highest BCUT2D eigenvalue weighted by Crippen LogP contribution is 2.22. The molecule has 2 aromatic carbocycles. The third kappa shape index (κ3) is 5.40. The molecule has 0 aliphatic rings. The van der Waals surface area contributed by atoms with Crippen LogP contribution in [0.4, 0.5) is 0 Å². The van der Waals surface area contributed by atoms with E-state index in [1.54, 1.807) is 18.3 Å². The minimum Gasteiger partial charge on any atom is -0.494 e. The van der Waals surface area contributed by atoms with Gasteiger partial charge in [-0.15, -0.1) is 0 Å². The van der Waals surface area contributed by atoms with Gasteiger partial charge in [0.1, 0.15) is 17.3 Å². The maximum Gasteiger partial charge on any atom is 0.270 e. The minimum absolute atomic E-state index is 0.205. The van der Waals surface area contributed by atoms with Crippen LogP contribution in [0.3, 0.4) is 0 Å². The van der Waals surface area contributed by atoms with Crippen LogP contribution >= 0.6 is 0 Å². The number of amides is 1. The standard InChI is InChI=1S/C27H30N4O2/c1-19-13-14-22(18-20(19)2)33-17-9-8-16-31-25-12-5-4-10-23(25)30-26(31)21(3)29-27(32)24-11-6-7-15-28-24/h4-7,10-15,18,21H,8-9,16-17H2,1-3H3,(H,29,32). The van der Waals surface area contributed by atoms with Gasteiger partial charge >= 0.3 is 0 Å². The van der Waals surface area contributed by atoms with Crippen LogP contribution in [0.25, 0.3) is 11.0 Å². The number of rotatable bonds is 9. The third-order valence-electron chi connectivity index (χ3n) is 5.84. The summed E-state index contributed by atoms with van der Waals surface area (Å²) in [5.41, 5.74) is 4.91. The number of pyridine rings is 1. The zero-order chi connectivity index (χ0) is 23.2. The van der Waals surface area contributed by atoms with Gasteiger partial charge in [-0.05, 0) is 81.1 Å². The molecule has 2 aromatic heterocycles. The average Bonchev–Trinajstić information content (AvgIpc) is 3.20. The summed E-state index contributed by atoms with van der Waals surface area (Å²) in [5, 5.41) is 3.04. The van der Waals surface area contributed by atoms with Gasteiger partial charge in [0.25, 0.3) is 5.91 Å². The molecule has 0 bridgehead atoms. The van der Waals surface area contributed by atoms with Crippen molar-refractivity contribution in [3.63, 3.8) is 0 Å². The molecule has 1 N–H and O–H groups in total. The van der Waals surface area contributed by atoms with Crippen LogP contribution in [-0.4, -0.2) is 27.0 Å². The van der Waals surface area contributed by atoms with Gasteiger partial charge in [0.05, 0.1) is 23.7 Å². The molecule has 1 amide bonds. The van der Waals surface area contributed by atoms with E-state index in [0.29, 0.717) is 12.3 Å². The van der Waals surface area contributed by atoms with Crippen molar-refractivity contribution in [3.8, 4) is 5.75 Å². The first kappa shape index (κ1) is 22.5. The molecule has 0 radical (unpaired) electrons. The molecule has 4 aromatic rings. The van der Waals surface area contributed by atoms with Crippen LogP contribution in [-0.2, 0) is 6.54 Å². The van der Waals surface area contributed by atoms with E-state index in [2.05, 4.69) is 46.9 Å². The number of unbranched alkanes of at least 4 members (excludes halogenated alkanes) is 1. The van der Waals surface area contributed by atoms with E-state index in [4.69, 9.17) is 9.72 Å². The van der Waals surface area contributed by atoms with Crippen LogP contribution in [0.1, 0.15) is 53.2 Å². The van der Waals surface area contributed by atoms with Crippen LogP contribution in [0.5, 0.6) is 5.75 Å². The largest absolute Gasteiger partial charge is 0.494 e. The van der Waals surface area contributed by atoms with Gasteiger partial charge in [-0.2, -0.15) is 0 Å². The van der Waals surface area contributed by atoms with Gasteiger partial charge in [-0.25, -0.2) is 4.98 Å². The highest BCUT2D eigenvalue weighted by Gasteiger charge is 2.19. The van der Waals surface area contributed by atoms with Crippen molar-refractivity contribution in [2.24, 2.45) is 0 Å². The fraction of sp³-hybridized carbons (Fsp3) is 0.296. The van der Waals surface area contributed by atoms with Gasteiger partial charge in [0.2, 0.25) is 0 Å². The number of imidazole rings is 1. The zero-order valence-electron chi connectivity index (χ0n) is 19.4. The number of carbonyl (C=O) groups is 1. The Labute approximate surface area is 194 Å².